The molecule has 0 radical (unpaired) electrons. The van der Waals surface area contributed by atoms with E-state index < -0.39 is 0 Å². The van der Waals surface area contributed by atoms with Gasteiger partial charge in [-0.1, -0.05) is 6.92 Å². The van der Waals surface area contributed by atoms with Crippen LogP contribution in [0.2, 0.25) is 0 Å². The Kier molecular flexibility index (Phi) is 5.05. The van der Waals surface area contributed by atoms with Crippen LogP contribution in [0.5, 0.6) is 11.5 Å². The monoisotopic (exact) mass is 265 g/mol. The van der Waals surface area contributed by atoms with Crippen LogP contribution < -0.4 is 14.8 Å². The Bertz CT molecular complexity index is 406. The number of rotatable bonds is 7. The first kappa shape index (κ1) is 14.2. The van der Waals surface area contributed by atoms with Crippen molar-refractivity contribution in [3.63, 3.8) is 0 Å². The number of ether oxygens (including phenoxy) is 2. The zero-order valence-corrected chi connectivity index (χ0v) is 11.7. The summed E-state index contributed by atoms with van der Waals surface area (Å²) < 4.78 is 11.3. The second-order valence-electron chi connectivity index (χ2n) is 5.00. The van der Waals surface area contributed by atoms with Crippen LogP contribution in [0.3, 0.4) is 0 Å². The molecular formula is C15H23NO3. The highest BCUT2D eigenvalue weighted by Crippen LogP contribution is 2.35. The number of hydrogen-bond donors (Lipinski definition) is 2. The summed E-state index contributed by atoms with van der Waals surface area (Å²) in [6, 6.07) is 6.26. The molecule has 0 amide bonds. The Morgan fingerprint density at radius 3 is 3.11 bits per heavy atom. The Morgan fingerprint density at radius 1 is 1.53 bits per heavy atom. The largest absolute Gasteiger partial charge is 0.493 e. The molecule has 1 aromatic rings. The lowest BCUT2D eigenvalue weighted by atomic mass is 10.1. The lowest BCUT2D eigenvalue weighted by Crippen LogP contribution is -2.22. The van der Waals surface area contributed by atoms with Gasteiger partial charge in [0.2, 0.25) is 0 Å². The lowest BCUT2D eigenvalue weighted by Gasteiger charge is -2.11. The third-order valence-corrected chi connectivity index (χ3v) is 3.21. The van der Waals surface area contributed by atoms with Gasteiger partial charge < -0.3 is 19.9 Å². The van der Waals surface area contributed by atoms with E-state index in [1.54, 1.807) is 6.92 Å². The molecule has 0 bridgehead atoms. The van der Waals surface area contributed by atoms with E-state index in [0.29, 0.717) is 25.7 Å². The molecule has 1 heterocycles. The second kappa shape index (κ2) is 6.78. The number of aliphatic hydroxyl groups excluding tert-OH is 1. The average Bonchev–Trinajstić information content (AvgIpc) is 2.78. The minimum absolute atomic E-state index is 0.293. The van der Waals surface area contributed by atoms with E-state index in [1.165, 1.54) is 5.56 Å². The molecule has 0 fully saturated rings. The normalized spacial score (nSPS) is 18.8. The van der Waals surface area contributed by atoms with Gasteiger partial charge in [0.15, 0.2) is 0 Å². The molecule has 0 saturated carbocycles. The third-order valence-electron chi connectivity index (χ3n) is 3.21. The van der Waals surface area contributed by atoms with Crippen molar-refractivity contribution in [2.45, 2.75) is 38.8 Å². The van der Waals surface area contributed by atoms with Gasteiger partial charge in [0, 0.05) is 18.1 Å². The molecule has 0 spiro atoms. The van der Waals surface area contributed by atoms with Gasteiger partial charge in [-0.2, -0.15) is 0 Å². The Labute approximate surface area is 114 Å². The van der Waals surface area contributed by atoms with Gasteiger partial charge in [-0.3, -0.25) is 0 Å². The fourth-order valence-electron chi connectivity index (χ4n) is 2.12. The van der Waals surface area contributed by atoms with Crippen molar-refractivity contribution in [2.75, 3.05) is 19.8 Å². The first-order chi connectivity index (χ1) is 9.20. The van der Waals surface area contributed by atoms with Crippen LogP contribution in [0, 0.1) is 0 Å². The Hall–Kier alpha value is -1.26. The molecule has 2 atom stereocenters. The molecule has 1 aliphatic rings. The number of fused-ring (bicyclic) bond motifs is 1. The van der Waals surface area contributed by atoms with Crippen LogP contribution in [0.1, 0.15) is 38.3 Å². The van der Waals surface area contributed by atoms with Gasteiger partial charge in [-0.05, 0) is 32.0 Å². The van der Waals surface area contributed by atoms with Crippen LogP contribution in [-0.4, -0.2) is 31.0 Å². The predicted octanol–water partition coefficient (Wildman–Crippen LogP) is 2.27. The Balaban J connectivity index is 1.93. The third kappa shape index (κ3) is 3.85. The van der Waals surface area contributed by atoms with Crippen LogP contribution in [0.15, 0.2) is 18.2 Å². The number of benzene rings is 1. The first-order valence-electron chi connectivity index (χ1n) is 7.01. The maximum Gasteiger partial charge on any atom is 0.127 e. The number of hydrogen-bond acceptors (Lipinski definition) is 4. The molecule has 1 aromatic carbocycles. The second-order valence-corrected chi connectivity index (χ2v) is 5.00. The summed E-state index contributed by atoms with van der Waals surface area (Å²) in [6.07, 6.45) is 1.43. The zero-order chi connectivity index (χ0) is 13.7. The molecule has 106 valence electrons. The van der Waals surface area contributed by atoms with Crippen LogP contribution >= 0.6 is 0 Å². The quantitative estimate of drug-likeness (QED) is 0.794. The number of nitrogens with one attached hydrogen (secondary N) is 1. The molecule has 0 saturated heterocycles. The topological polar surface area (TPSA) is 50.7 Å². The molecule has 2 N–H and O–H groups in total. The molecule has 1 aliphatic heterocycles. The highest BCUT2D eigenvalue weighted by Gasteiger charge is 2.23. The van der Waals surface area contributed by atoms with E-state index in [1.807, 2.05) is 12.1 Å². The zero-order valence-electron chi connectivity index (χ0n) is 11.7. The van der Waals surface area contributed by atoms with Crippen molar-refractivity contribution in [2.24, 2.45) is 0 Å². The number of aliphatic hydroxyl groups is 1. The van der Waals surface area contributed by atoms with Gasteiger partial charge in [-0.25, -0.2) is 0 Å². The van der Waals surface area contributed by atoms with E-state index in [-0.39, 0.29) is 6.10 Å². The van der Waals surface area contributed by atoms with Gasteiger partial charge >= 0.3 is 0 Å². The van der Waals surface area contributed by atoms with Crippen LogP contribution in [0.4, 0.5) is 0 Å². The van der Waals surface area contributed by atoms with E-state index >= 15 is 0 Å². The summed E-state index contributed by atoms with van der Waals surface area (Å²) in [5.74, 6) is 1.71. The van der Waals surface area contributed by atoms with Gasteiger partial charge in [0.05, 0.1) is 18.8 Å². The molecule has 2 rings (SSSR count). The maximum absolute atomic E-state index is 9.19. The van der Waals surface area contributed by atoms with Gasteiger partial charge in [0.1, 0.15) is 18.1 Å². The molecule has 0 aliphatic carbocycles. The van der Waals surface area contributed by atoms with Crippen LogP contribution in [0.25, 0.3) is 0 Å². The fourth-order valence-corrected chi connectivity index (χ4v) is 2.12. The standard InChI is InChI=1S/C15H23NO3/c1-3-7-16-14-10-19-15-9-12(4-5-13(14)15)18-8-6-11(2)17/h4-5,9,11,14,16-17H,3,6-8,10H2,1-2H3. The van der Waals surface area contributed by atoms with Crippen molar-refractivity contribution in [1.82, 2.24) is 5.32 Å². The Morgan fingerprint density at radius 2 is 2.37 bits per heavy atom. The maximum atomic E-state index is 9.19. The van der Waals surface area contributed by atoms with E-state index in [4.69, 9.17) is 9.47 Å². The van der Waals surface area contributed by atoms with Crippen molar-refractivity contribution < 1.29 is 14.6 Å². The highest BCUT2D eigenvalue weighted by atomic mass is 16.5. The summed E-state index contributed by atoms with van der Waals surface area (Å²) in [5, 5.41) is 12.7. The van der Waals surface area contributed by atoms with Crippen molar-refractivity contribution >= 4 is 0 Å². The summed E-state index contributed by atoms with van der Waals surface area (Å²) >= 11 is 0. The van der Waals surface area contributed by atoms with E-state index in [0.717, 1.165) is 24.5 Å². The molecule has 2 unspecified atom stereocenters. The summed E-state index contributed by atoms with van der Waals surface area (Å²) in [5.41, 5.74) is 1.20. The molecule has 0 aromatic heterocycles. The summed E-state index contributed by atoms with van der Waals surface area (Å²) in [4.78, 5) is 0. The highest BCUT2D eigenvalue weighted by molar-refractivity contribution is 5.45. The SMILES string of the molecule is CCCNC1COc2cc(OCCC(C)O)ccc21. The van der Waals surface area contributed by atoms with Gasteiger partial charge in [-0.15, -0.1) is 0 Å². The minimum atomic E-state index is -0.326. The fraction of sp³-hybridized carbons (Fsp3) is 0.600. The summed E-state index contributed by atoms with van der Waals surface area (Å²) in [6.45, 7) is 6.13. The molecule has 4 nitrogen and oxygen atoms in total. The van der Waals surface area contributed by atoms with Crippen molar-refractivity contribution in [3.8, 4) is 11.5 Å². The van der Waals surface area contributed by atoms with Gasteiger partial charge in [0.25, 0.3) is 0 Å². The van der Waals surface area contributed by atoms with Crippen LogP contribution in [-0.2, 0) is 0 Å². The van der Waals surface area contributed by atoms with Crippen molar-refractivity contribution in [1.29, 1.82) is 0 Å². The van der Waals surface area contributed by atoms with Crippen molar-refractivity contribution in [3.05, 3.63) is 23.8 Å². The molecular weight excluding hydrogens is 242 g/mol. The van der Waals surface area contributed by atoms with E-state index in [9.17, 15) is 5.11 Å². The molecule has 19 heavy (non-hydrogen) atoms. The smallest absolute Gasteiger partial charge is 0.127 e. The van der Waals surface area contributed by atoms with E-state index in [2.05, 4.69) is 18.3 Å². The first-order valence-corrected chi connectivity index (χ1v) is 7.01. The predicted molar refractivity (Wildman–Crippen MR) is 74.8 cm³/mol. The molecule has 4 heteroatoms. The minimum Gasteiger partial charge on any atom is -0.493 e. The lowest BCUT2D eigenvalue weighted by molar-refractivity contribution is 0.155. The average molecular weight is 265 g/mol. The summed E-state index contributed by atoms with van der Waals surface area (Å²) in [7, 11) is 0.